The normalized spacial score (nSPS) is 9.25. The Morgan fingerprint density at radius 2 is 2.12 bits per heavy atom. The van der Waals surface area contributed by atoms with E-state index in [0.29, 0.717) is 5.69 Å². The lowest BCUT2D eigenvalue weighted by Crippen LogP contribution is -1.86. The number of rotatable bonds is 0. The summed E-state index contributed by atoms with van der Waals surface area (Å²) in [7, 11) is 0. The summed E-state index contributed by atoms with van der Waals surface area (Å²) in [4.78, 5) is 0. The van der Waals surface area contributed by atoms with Gasteiger partial charge in [0.25, 0.3) is 0 Å². The fourth-order valence-corrected chi connectivity index (χ4v) is 0.409. The summed E-state index contributed by atoms with van der Waals surface area (Å²) in [5.74, 6) is 0. The summed E-state index contributed by atoms with van der Waals surface area (Å²) in [5.41, 5.74) is 1.36. The zero-order valence-corrected chi connectivity index (χ0v) is 4.63. The molecule has 1 aromatic rings. The van der Waals surface area contributed by atoms with Crippen LogP contribution in [0.25, 0.3) is 0 Å². The largest absolute Gasteiger partial charge is 0.156 e. The van der Waals surface area contributed by atoms with Crippen LogP contribution in [0, 0.1) is 13.8 Å². The Kier molecular flexibility index (Phi) is 1.24. The molecule has 1 aromatic heterocycles. The molecule has 0 bridgehead atoms. The third-order valence-electron chi connectivity index (χ3n) is 0.819. The quantitative estimate of drug-likeness (QED) is 0.490. The Balaban J connectivity index is 3.03. The van der Waals surface area contributed by atoms with Gasteiger partial charge in [-0.25, -0.2) is 0 Å². The Morgan fingerprint density at radius 3 is 2.50 bits per heavy atom. The topological polar surface area (TPSA) is 25.8 Å². The van der Waals surface area contributed by atoms with Crippen LogP contribution >= 0.6 is 0 Å². The SMILES string of the molecule is [CH]c1ccc(C)nn1. The summed E-state index contributed by atoms with van der Waals surface area (Å²) in [6.45, 7) is 7.12. The Hall–Kier alpha value is -0.920. The van der Waals surface area contributed by atoms with E-state index < -0.39 is 0 Å². The summed E-state index contributed by atoms with van der Waals surface area (Å²) in [6, 6.07) is 3.55. The highest BCUT2D eigenvalue weighted by Crippen LogP contribution is 1.90. The predicted molar refractivity (Wildman–Crippen MR) is 30.2 cm³/mol. The minimum atomic E-state index is 0.468. The second-order valence-electron chi connectivity index (χ2n) is 1.60. The molecule has 2 radical (unpaired) electrons. The van der Waals surface area contributed by atoms with Crippen LogP contribution in [0.1, 0.15) is 11.4 Å². The molecule has 8 heavy (non-hydrogen) atoms. The summed E-state index contributed by atoms with van der Waals surface area (Å²) in [5, 5.41) is 7.31. The van der Waals surface area contributed by atoms with Crippen molar-refractivity contribution in [1.82, 2.24) is 10.2 Å². The molecular weight excluding hydrogens is 100 g/mol. The zero-order valence-electron chi connectivity index (χ0n) is 4.63. The number of hydrogen-bond acceptors (Lipinski definition) is 2. The number of hydrogen-bond donors (Lipinski definition) is 0. The van der Waals surface area contributed by atoms with Crippen LogP contribution in [0.3, 0.4) is 0 Å². The molecule has 2 heteroatoms. The Labute approximate surface area is 48.6 Å². The maximum absolute atomic E-state index is 5.25. The van der Waals surface area contributed by atoms with Crippen molar-refractivity contribution in [2.45, 2.75) is 6.92 Å². The van der Waals surface area contributed by atoms with Crippen molar-refractivity contribution in [2.24, 2.45) is 0 Å². The number of nitrogens with zero attached hydrogens (tertiary/aromatic N) is 2. The molecular formula is C6H6N2. The van der Waals surface area contributed by atoms with Gasteiger partial charge in [-0.15, -0.1) is 0 Å². The zero-order chi connectivity index (χ0) is 5.98. The average Bonchev–Trinajstić information content (AvgIpc) is 1.77. The van der Waals surface area contributed by atoms with Gasteiger partial charge in [0.2, 0.25) is 0 Å². The molecule has 0 fully saturated rings. The van der Waals surface area contributed by atoms with Crippen molar-refractivity contribution >= 4 is 0 Å². The maximum atomic E-state index is 5.25. The predicted octanol–water partition coefficient (Wildman–Crippen LogP) is 0.844. The van der Waals surface area contributed by atoms with Gasteiger partial charge in [-0.05, 0) is 19.1 Å². The van der Waals surface area contributed by atoms with E-state index in [9.17, 15) is 0 Å². The summed E-state index contributed by atoms with van der Waals surface area (Å²) in [6.07, 6.45) is 0. The van der Waals surface area contributed by atoms with E-state index in [1.807, 2.05) is 13.0 Å². The van der Waals surface area contributed by atoms with Crippen molar-refractivity contribution in [2.75, 3.05) is 0 Å². The molecule has 0 amide bonds. The monoisotopic (exact) mass is 106 g/mol. The molecule has 0 saturated carbocycles. The second kappa shape index (κ2) is 1.90. The number of aromatic nitrogens is 2. The lowest BCUT2D eigenvalue weighted by molar-refractivity contribution is 0.961. The average molecular weight is 106 g/mol. The van der Waals surface area contributed by atoms with Crippen LogP contribution in [-0.2, 0) is 0 Å². The summed E-state index contributed by atoms with van der Waals surface area (Å²) >= 11 is 0. The second-order valence-corrected chi connectivity index (χ2v) is 1.60. The van der Waals surface area contributed by atoms with Crippen LogP contribution in [0.2, 0.25) is 0 Å². The number of aryl methyl sites for hydroxylation is 1. The Morgan fingerprint density at radius 1 is 1.38 bits per heavy atom. The first-order chi connectivity index (χ1) is 3.79. The van der Waals surface area contributed by atoms with E-state index >= 15 is 0 Å². The van der Waals surface area contributed by atoms with Crippen molar-refractivity contribution < 1.29 is 0 Å². The smallest absolute Gasteiger partial charge is 0.0676 e. The van der Waals surface area contributed by atoms with Gasteiger partial charge in [0.15, 0.2) is 0 Å². The first-order valence-electron chi connectivity index (χ1n) is 2.35. The molecule has 0 saturated heterocycles. The fraction of sp³-hybridized carbons (Fsp3) is 0.167. The first-order valence-corrected chi connectivity index (χ1v) is 2.35. The van der Waals surface area contributed by atoms with Gasteiger partial charge in [0.1, 0.15) is 0 Å². The van der Waals surface area contributed by atoms with Gasteiger partial charge in [-0.1, -0.05) is 0 Å². The molecule has 1 heterocycles. The third kappa shape index (κ3) is 1.03. The highest BCUT2D eigenvalue weighted by atomic mass is 15.1. The van der Waals surface area contributed by atoms with Gasteiger partial charge in [0.05, 0.1) is 11.4 Å². The van der Waals surface area contributed by atoms with Gasteiger partial charge in [0, 0.05) is 6.92 Å². The molecule has 0 aromatic carbocycles. The Bertz CT molecular complexity index is 145. The van der Waals surface area contributed by atoms with Crippen LogP contribution < -0.4 is 0 Å². The standard InChI is InChI=1S/C6H6N2/c1-5-3-4-6(2)8-7-5/h1,3-4H,2H3. The first kappa shape index (κ1) is 5.22. The van der Waals surface area contributed by atoms with Crippen LogP contribution in [0.5, 0.6) is 0 Å². The van der Waals surface area contributed by atoms with Crippen molar-refractivity contribution in [3.63, 3.8) is 0 Å². The van der Waals surface area contributed by atoms with E-state index in [0.717, 1.165) is 5.69 Å². The molecule has 0 aliphatic carbocycles. The van der Waals surface area contributed by atoms with E-state index in [4.69, 9.17) is 6.92 Å². The molecule has 0 aliphatic rings. The highest BCUT2D eigenvalue weighted by molar-refractivity contribution is 5.06. The van der Waals surface area contributed by atoms with Crippen molar-refractivity contribution in [3.05, 3.63) is 30.4 Å². The molecule has 1 rings (SSSR count). The molecule has 2 nitrogen and oxygen atoms in total. The van der Waals surface area contributed by atoms with E-state index in [2.05, 4.69) is 10.2 Å². The summed E-state index contributed by atoms with van der Waals surface area (Å²) < 4.78 is 0. The third-order valence-corrected chi connectivity index (χ3v) is 0.819. The molecule has 0 spiro atoms. The lowest BCUT2D eigenvalue weighted by Gasteiger charge is -1.87. The minimum Gasteiger partial charge on any atom is -0.156 e. The van der Waals surface area contributed by atoms with Gasteiger partial charge in [-0.2, -0.15) is 10.2 Å². The molecule has 0 unspecified atom stereocenters. The van der Waals surface area contributed by atoms with Crippen LogP contribution in [0.4, 0.5) is 0 Å². The van der Waals surface area contributed by atoms with E-state index in [-0.39, 0.29) is 0 Å². The van der Waals surface area contributed by atoms with Crippen molar-refractivity contribution in [1.29, 1.82) is 0 Å². The highest BCUT2D eigenvalue weighted by Gasteiger charge is 1.83. The molecule has 40 valence electrons. The van der Waals surface area contributed by atoms with Crippen LogP contribution in [-0.4, -0.2) is 10.2 Å². The molecule has 0 aliphatic heterocycles. The maximum Gasteiger partial charge on any atom is 0.0676 e. The van der Waals surface area contributed by atoms with Crippen molar-refractivity contribution in [3.8, 4) is 0 Å². The van der Waals surface area contributed by atoms with E-state index in [1.54, 1.807) is 6.07 Å². The van der Waals surface area contributed by atoms with Gasteiger partial charge in [-0.3, -0.25) is 0 Å². The van der Waals surface area contributed by atoms with Gasteiger partial charge >= 0.3 is 0 Å². The lowest BCUT2D eigenvalue weighted by atomic mass is 10.4. The molecule has 0 N–H and O–H groups in total. The van der Waals surface area contributed by atoms with E-state index in [1.165, 1.54) is 0 Å². The molecule has 0 atom stereocenters. The van der Waals surface area contributed by atoms with Gasteiger partial charge < -0.3 is 0 Å². The fourth-order valence-electron chi connectivity index (χ4n) is 0.409. The van der Waals surface area contributed by atoms with Crippen LogP contribution in [0.15, 0.2) is 12.1 Å². The minimum absolute atomic E-state index is 0.468.